The van der Waals surface area contributed by atoms with Gasteiger partial charge in [-0.1, -0.05) is 32.1 Å². The summed E-state index contributed by atoms with van der Waals surface area (Å²) in [6.07, 6.45) is 8.88. The van der Waals surface area contributed by atoms with Crippen molar-refractivity contribution in [1.29, 1.82) is 0 Å². The Morgan fingerprint density at radius 1 is 0.889 bits per heavy atom. The van der Waals surface area contributed by atoms with Crippen LogP contribution in [-0.4, -0.2) is 51.5 Å². The highest BCUT2D eigenvalue weighted by Crippen LogP contribution is 2.37. The first-order chi connectivity index (χ1) is 21.8. The van der Waals surface area contributed by atoms with E-state index in [0.29, 0.717) is 43.7 Å². The lowest BCUT2D eigenvalue weighted by Gasteiger charge is -2.26. The molecular weight excluding hydrogens is 597 g/mol. The Balaban J connectivity index is 1.25. The van der Waals surface area contributed by atoms with Crippen LogP contribution in [0.15, 0.2) is 47.5 Å². The van der Waals surface area contributed by atoms with Crippen molar-refractivity contribution in [3.63, 3.8) is 0 Å². The summed E-state index contributed by atoms with van der Waals surface area (Å²) in [6.45, 7) is 5.07. The largest absolute Gasteiger partial charge is 0.460 e. The molecule has 0 spiro atoms. The minimum Gasteiger partial charge on any atom is -0.460 e. The Morgan fingerprint density at radius 2 is 1.60 bits per heavy atom. The van der Waals surface area contributed by atoms with E-state index in [0.717, 1.165) is 48.9 Å². The zero-order chi connectivity index (χ0) is 31.2. The van der Waals surface area contributed by atoms with Crippen molar-refractivity contribution in [2.24, 2.45) is 5.92 Å². The van der Waals surface area contributed by atoms with Crippen molar-refractivity contribution in [3.8, 4) is 6.01 Å². The van der Waals surface area contributed by atoms with Crippen LogP contribution in [0.3, 0.4) is 0 Å². The van der Waals surface area contributed by atoms with E-state index >= 15 is 0 Å². The summed E-state index contributed by atoms with van der Waals surface area (Å²) in [5, 5.41) is 3.51. The molecule has 0 bridgehead atoms. The van der Waals surface area contributed by atoms with Crippen LogP contribution in [0.4, 0.5) is 30.5 Å². The standard InChI is InChI=1S/C34H43F3N6OS/c1-24(25-10-5-3-2-4-6-11-25)44-33-40-30-18-23-42(32-29(34(35,36)37)12-9-19-38-32)22-17-28(30)31(41-33)39-26-13-15-27(16-14-26)45-43-20-7-8-21-43/h9,12-16,19,24-25H,2-8,10-11,17-18,20-23H2,1H3,(H,39,40,41). The van der Waals surface area contributed by atoms with Gasteiger partial charge in [0.15, 0.2) is 0 Å². The van der Waals surface area contributed by atoms with Gasteiger partial charge >= 0.3 is 12.2 Å². The van der Waals surface area contributed by atoms with Gasteiger partial charge in [-0.15, -0.1) is 0 Å². The maximum absolute atomic E-state index is 13.9. The van der Waals surface area contributed by atoms with Crippen molar-refractivity contribution in [3.05, 3.63) is 59.4 Å². The molecular formula is C34H43F3N6OS. The molecule has 1 aliphatic carbocycles. The second-order valence-electron chi connectivity index (χ2n) is 12.4. The van der Waals surface area contributed by atoms with Crippen molar-refractivity contribution in [2.45, 2.75) is 94.7 Å². The monoisotopic (exact) mass is 640 g/mol. The minimum atomic E-state index is -4.48. The number of pyridine rings is 1. The highest BCUT2D eigenvalue weighted by Gasteiger charge is 2.36. The summed E-state index contributed by atoms with van der Waals surface area (Å²) in [7, 11) is 0. The van der Waals surface area contributed by atoms with Crippen LogP contribution >= 0.6 is 11.9 Å². The number of hydrogen-bond donors (Lipinski definition) is 1. The minimum absolute atomic E-state index is 0.0268. The quantitative estimate of drug-likeness (QED) is 0.246. The lowest BCUT2D eigenvalue weighted by atomic mass is 9.88. The van der Waals surface area contributed by atoms with Gasteiger partial charge in [0.25, 0.3) is 0 Å². The number of halogens is 3. The van der Waals surface area contributed by atoms with E-state index in [2.05, 4.69) is 45.8 Å². The molecule has 1 atom stereocenters. The molecule has 4 heterocycles. The molecule has 11 heteroatoms. The molecule has 1 saturated heterocycles. The molecule has 1 N–H and O–H groups in total. The topological polar surface area (TPSA) is 66.4 Å². The molecule has 2 aromatic heterocycles. The van der Waals surface area contributed by atoms with E-state index in [4.69, 9.17) is 14.7 Å². The van der Waals surface area contributed by atoms with Crippen molar-refractivity contribution < 1.29 is 17.9 Å². The van der Waals surface area contributed by atoms with Gasteiger partial charge in [0, 0.05) is 54.9 Å². The highest BCUT2D eigenvalue weighted by atomic mass is 32.2. The third-order valence-electron chi connectivity index (χ3n) is 9.24. The number of anilines is 3. The van der Waals surface area contributed by atoms with E-state index in [1.807, 2.05) is 0 Å². The number of benzene rings is 1. The van der Waals surface area contributed by atoms with Crippen LogP contribution in [0.5, 0.6) is 6.01 Å². The number of rotatable bonds is 8. The van der Waals surface area contributed by atoms with E-state index in [1.54, 1.807) is 16.8 Å². The molecule has 0 amide bonds. The molecule has 3 aliphatic rings. The first kappa shape index (κ1) is 31.9. The number of hydrogen-bond acceptors (Lipinski definition) is 8. The molecule has 3 aromatic rings. The fourth-order valence-electron chi connectivity index (χ4n) is 6.70. The van der Waals surface area contributed by atoms with Gasteiger partial charge < -0.3 is 15.0 Å². The van der Waals surface area contributed by atoms with E-state index in [-0.39, 0.29) is 11.9 Å². The van der Waals surface area contributed by atoms with Crippen LogP contribution in [0.1, 0.15) is 81.5 Å². The molecule has 1 unspecified atom stereocenters. The lowest BCUT2D eigenvalue weighted by Crippen LogP contribution is -2.29. The van der Waals surface area contributed by atoms with Gasteiger partial charge in [-0.3, -0.25) is 0 Å². The van der Waals surface area contributed by atoms with Gasteiger partial charge in [0.1, 0.15) is 17.7 Å². The fourth-order valence-corrected chi connectivity index (χ4v) is 7.70. The number of nitrogens with zero attached hydrogens (tertiary/aromatic N) is 5. The van der Waals surface area contributed by atoms with Gasteiger partial charge in [-0.2, -0.15) is 23.1 Å². The Labute approximate surface area is 268 Å². The zero-order valence-electron chi connectivity index (χ0n) is 26.0. The van der Waals surface area contributed by atoms with Crippen LogP contribution in [0.2, 0.25) is 0 Å². The predicted molar refractivity (Wildman–Crippen MR) is 173 cm³/mol. The SMILES string of the molecule is CC(Oc1nc2c(c(Nc3ccc(SN4CCCC4)cc3)n1)CCN(c1ncccc1C(F)(F)F)CC2)C1CCCCCCC1. The highest BCUT2D eigenvalue weighted by molar-refractivity contribution is 7.97. The molecule has 2 aliphatic heterocycles. The molecule has 7 nitrogen and oxygen atoms in total. The number of aromatic nitrogens is 3. The average Bonchev–Trinajstić information content (AvgIpc) is 3.42. The van der Waals surface area contributed by atoms with Crippen LogP contribution in [-0.2, 0) is 19.0 Å². The van der Waals surface area contributed by atoms with Crippen molar-refractivity contribution >= 4 is 29.3 Å². The summed E-state index contributed by atoms with van der Waals surface area (Å²) >= 11 is 1.79. The van der Waals surface area contributed by atoms with E-state index < -0.39 is 11.7 Å². The maximum atomic E-state index is 13.9. The van der Waals surface area contributed by atoms with Crippen LogP contribution < -0.4 is 15.0 Å². The fraction of sp³-hybridized carbons (Fsp3) is 0.559. The molecule has 45 heavy (non-hydrogen) atoms. The predicted octanol–water partition coefficient (Wildman–Crippen LogP) is 8.47. The van der Waals surface area contributed by atoms with E-state index in [1.165, 1.54) is 62.1 Å². The second-order valence-corrected chi connectivity index (χ2v) is 13.6. The normalized spacial score (nSPS) is 19.3. The number of fused-ring (bicyclic) bond motifs is 1. The second kappa shape index (κ2) is 14.6. The lowest BCUT2D eigenvalue weighted by molar-refractivity contribution is -0.137. The smallest absolute Gasteiger partial charge is 0.419 e. The third-order valence-corrected chi connectivity index (χ3v) is 10.3. The molecule has 1 aromatic carbocycles. The van der Waals surface area contributed by atoms with Gasteiger partial charge in [-0.05, 0) is 93.3 Å². The Hall–Kier alpha value is -3.05. The average molecular weight is 641 g/mol. The van der Waals surface area contributed by atoms with Gasteiger partial charge in [0.2, 0.25) is 0 Å². The Bertz CT molecular complexity index is 1410. The Morgan fingerprint density at radius 3 is 2.33 bits per heavy atom. The van der Waals surface area contributed by atoms with E-state index in [9.17, 15) is 13.2 Å². The maximum Gasteiger partial charge on any atom is 0.419 e. The Kier molecular flexibility index (Phi) is 10.3. The summed E-state index contributed by atoms with van der Waals surface area (Å²) in [5.41, 5.74) is 1.89. The molecule has 2 fully saturated rings. The summed E-state index contributed by atoms with van der Waals surface area (Å²) in [6, 6.07) is 11.1. The molecule has 6 rings (SSSR count). The van der Waals surface area contributed by atoms with Crippen LogP contribution in [0.25, 0.3) is 0 Å². The first-order valence-electron chi connectivity index (χ1n) is 16.5. The van der Waals surface area contributed by atoms with Crippen molar-refractivity contribution in [1.82, 2.24) is 19.3 Å². The molecule has 0 radical (unpaired) electrons. The van der Waals surface area contributed by atoms with Gasteiger partial charge in [-0.25, -0.2) is 9.29 Å². The molecule has 242 valence electrons. The van der Waals surface area contributed by atoms with Gasteiger partial charge in [0.05, 0.1) is 11.3 Å². The first-order valence-corrected chi connectivity index (χ1v) is 17.2. The number of nitrogens with one attached hydrogen (secondary N) is 1. The number of alkyl halides is 3. The zero-order valence-corrected chi connectivity index (χ0v) is 26.8. The third kappa shape index (κ3) is 8.22. The summed E-state index contributed by atoms with van der Waals surface area (Å²) in [5.74, 6) is 1.06. The van der Waals surface area contributed by atoms with Crippen molar-refractivity contribution in [2.75, 3.05) is 36.4 Å². The molecule has 1 saturated carbocycles. The van der Waals surface area contributed by atoms with Crippen LogP contribution in [0, 0.1) is 5.92 Å². The number of ether oxygens (including phenoxy) is 1. The summed E-state index contributed by atoms with van der Waals surface area (Å²) < 4.78 is 50.5. The summed E-state index contributed by atoms with van der Waals surface area (Å²) in [4.78, 5) is 16.8.